The molecule has 114 valence electrons. The van der Waals surface area contributed by atoms with Crippen molar-refractivity contribution in [2.75, 3.05) is 26.4 Å². The van der Waals surface area contributed by atoms with Crippen molar-refractivity contribution in [1.29, 1.82) is 0 Å². The largest absolute Gasteiger partial charge is 0.389 e. The van der Waals surface area contributed by atoms with Gasteiger partial charge in [0.25, 0.3) is 0 Å². The van der Waals surface area contributed by atoms with Gasteiger partial charge in [-0.05, 0) is 25.7 Å². The van der Waals surface area contributed by atoms with Gasteiger partial charge in [0.1, 0.15) is 5.78 Å². The number of ether oxygens (including phenoxy) is 2. The van der Waals surface area contributed by atoms with E-state index in [0.29, 0.717) is 43.9 Å². The Kier molecular flexibility index (Phi) is 4.71. The summed E-state index contributed by atoms with van der Waals surface area (Å²) in [5, 5.41) is 10.2. The van der Waals surface area contributed by atoms with Crippen molar-refractivity contribution in [2.45, 2.75) is 62.8 Å². The zero-order valence-electron chi connectivity index (χ0n) is 12.0. The first-order valence-corrected chi connectivity index (χ1v) is 7.87. The van der Waals surface area contributed by atoms with Gasteiger partial charge in [0.2, 0.25) is 0 Å². The minimum absolute atomic E-state index is 0.234. The second-order valence-electron chi connectivity index (χ2n) is 6.33. The van der Waals surface area contributed by atoms with Gasteiger partial charge in [-0.25, -0.2) is 0 Å². The maximum atomic E-state index is 11.6. The number of carbonyl (C=O) groups is 1. The molecule has 0 aromatic carbocycles. The molecule has 0 radical (unpaired) electrons. The smallest absolute Gasteiger partial charge is 0.136 e. The number of hydrogen-bond acceptors (Lipinski definition) is 5. The number of nitrogens with zero attached hydrogens (tertiary/aromatic N) is 1. The number of aliphatic hydroxyl groups is 1. The fourth-order valence-corrected chi connectivity index (χ4v) is 3.75. The van der Waals surface area contributed by atoms with Crippen molar-refractivity contribution in [1.82, 2.24) is 4.90 Å². The van der Waals surface area contributed by atoms with Crippen molar-refractivity contribution in [3.05, 3.63) is 0 Å². The van der Waals surface area contributed by atoms with Crippen LogP contribution in [-0.4, -0.2) is 66.4 Å². The molecule has 3 aliphatic heterocycles. The zero-order chi connectivity index (χ0) is 13.9. The second-order valence-corrected chi connectivity index (χ2v) is 6.33. The number of rotatable bonds is 5. The molecular weight excluding hydrogens is 258 g/mol. The molecule has 3 saturated heterocycles. The van der Waals surface area contributed by atoms with E-state index in [4.69, 9.17) is 9.47 Å². The molecule has 3 fully saturated rings. The van der Waals surface area contributed by atoms with Crippen LogP contribution in [0.3, 0.4) is 0 Å². The van der Waals surface area contributed by atoms with Gasteiger partial charge in [-0.2, -0.15) is 0 Å². The molecular formula is C15H25NO4. The van der Waals surface area contributed by atoms with Crippen LogP contribution in [-0.2, 0) is 14.3 Å². The molecule has 2 bridgehead atoms. The predicted octanol–water partition coefficient (Wildman–Crippen LogP) is 0.739. The Morgan fingerprint density at radius 2 is 1.85 bits per heavy atom. The van der Waals surface area contributed by atoms with Crippen molar-refractivity contribution < 1.29 is 19.4 Å². The number of Topliss-reactive ketones (excluding diaryl/α,β-unsaturated/α-hetero) is 1. The number of fused-ring (bicyclic) bond motifs is 2. The number of aliphatic hydroxyl groups excluding tert-OH is 1. The first-order chi connectivity index (χ1) is 9.72. The molecule has 0 amide bonds. The van der Waals surface area contributed by atoms with Gasteiger partial charge in [-0.1, -0.05) is 0 Å². The van der Waals surface area contributed by atoms with E-state index in [-0.39, 0.29) is 6.10 Å². The van der Waals surface area contributed by atoms with Gasteiger partial charge in [0.15, 0.2) is 0 Å². The summed E-state index contributed by atoms with van der Waals surface area (Å²) < 4.78 is 11.1. The molecule has 3 atom stereocenters. The molecule has 0 aromatic heterocycles. The van der Waals surface area contributed by atoms with E-state index in [0.717, 1.165) is 38.9 Å². The lowest BCUT2D eigenvalue weighted by atomic mass is 10.0. The number of piperidine rings is 1. The van der Waals surface area contributed by atoms with Gasteiger partial charge in [0, 0.05) is 44.7 Å². The van der Waals surface area contributed by atoms with Crippen LogP contribution < -0.4 is 0 Å². The first-order valence-electron chi connectivity index (χ1n) is 7.87. The number of carbonyl (C=O) groups excluding carboxylic acids is 1. The Bertz CT molecular complexity index is 327. The van der Waals surface area contributed by atoms with Gasteiger partial charge in [-0.15, -0.1) is 0 Å². The summed E-state index contributed by atoms with van der Waals surface area (Å²) in [6.07, 6.45) is 5.18. The summed E-state index contributed by atoms with van der Waals surface area (Å²) in [6, 6.07) is 0.720. The van der Waals surface area contributed by atoms with E-state index in [1.165, 1.54) is 0 Å². The third-order valence-corrected chi connectivity index (χ3v) is 4.81. The Morgan fingerprint density at radius 1 is 1.20 bits per heavy atom. The van der Waals surface area contributed by atoms with Gasteiger partial charge in [0.05, 0.1) is 18.8 Å². The average Bonchev–Trinajstić information content (AvgIpc) is 2.69. The van der Waals surface area contributed by atoms with Gasteiger partial charge in [-0.3, -0.25) is 9.69 Å². The topological polar surface area (TPSA) is 59.0 Å². The van der Waals surface area contributed by atoms with E-state index in [1.54, 1.807) is 0 Å². The average molecular weight is 283 g/mol. The fraction of sp³-hybridized carbons (Fsp3) is 0.933. The van der Waals surface area contributed by atoms with Crippen LogP contribution in [0.5, 0.6) is 0 Å². The maximum absolute atomic E-state index is 11.6. The maximum Gasteiger partial charge on any atom is 0.136 e. The summed E-state index contributed by atoms with van der Waals surface area (Å²) in [4.78, 5) is 13.9. The fourth-order valence-electron chi connectivity index (χ4n) is 3.75. The third kappa shape index (κ3) is 3.39. The highest BCUT2D eigenvalue weighted by Gasteiger charge is 2.40. The van der Waals surface area contributed by atoms with Crippen molar-refractivity contribution in [3.8, 4) is 0 Å². The Hall–Kier alpha value is -0.490. The summed E-state index contributed by atoms with van der Waals surface area (Å²) >= 11 is 0. The molecule has 0 unspecified atom stereocenters. The third-order valence-electron chi connectivity index (χ3n) is 4.81. The van der Waals surface area contributed by atoms with E-state index >= 15 is 0 Å². The van der Waals surface area contributed by atoms with Gasteiger partial charge < -0.3 is 14.6 Å². The highest BCUT2D eigenvalue weighted by Crippen LogP contribution is 2.33. The van der Waals surface area contributed by atoms with Crippen molar-refractivity contribution >= 4 is 5.78 Å². The van der Waals surface area contributed by atoms with Crippen molar-refractivity contribution in [2.24, 2.45) is 0 Å². The van der Waals surface area contributed by atoms with Crippen LogP contribution in [0.2, 0.25) is 0 Å². The lowest BCUT2D eigenvalue weighted by molar-refractivity contribution is -0.124. The highest BCUT2D eigenvalue weighted by molar-refractivity contribution is 5.80. The summed E-state index contributed by atoms with van der Waals surface area (Å²) in [6.45, 7) is 2.57. The lowest BCUT2D eigenvalue weighted by Crippen LogP contribution is -2.47. The molecule has 3 aliphatic rings. The molecule has 5 heteroatoms. The van der Waals surface area contributed by atoms with E-state index in [1.807, 2.05) is 0 Å². The summed E-state index contributed by atoms with van der Waals surface area (Å²) in [5.74, 6) is 0.390. The standard InChI is InChI=1S/C15H25NO4/c17-13-7-11-1-2-12(8-13)16(11)9-14(18)10-20-15-3-5-19-6-4-15/h11-12,14-15,18H,1-10H2/t11-,12+,14-/m1/s1. The van der Waals surface area contributed by atoms with Crippen LogP contribution >= 0.6 is 0 Å². The normalized spacial score (nSPS) is 33.5. The Labute approximate surface area is 120 Å². The van der Waals surface area contributed by atoms with Crippen LogP contribution in [0.15, 0.2) is 0 Å². The molecule has 0 saturated carbocycles. The molecule has 0 aliphatic carbocycles. The van der Waals surface area contributed by atoms with Crippen molar-refractivity contribution in [3.63, 3.8) is 0 Å². The second kappa shape index (κ2) is 6.52. The van der Waals surface area contributed by atoms with E-state index in [9.17, 15) is 9.90 Å². The van der Waals surface area contributed by atoms with Crippen LogP contribution in [0.1, 0.15) is 38.5 Å². The molecule has 3 rings (SSSR count). The molecule has 0 aromatic rings. The van der Waals surface area contributed by atoms with Crippen LogP contribution in [0.4, 0.5) is 0 Å². The summed E-state index contributed by atoms with van der Waals surface area (Å²) in [7, 11) is 0. The monoisotopic (exact) mass is 283 g/mol. The van der Waals surface area contributed by atoms with E-state index in [2.05, 4.69) is 4.90 Å². The first kappa shape index (κ1) is 14.4. The molecule has 5 nitrogen and oxygen atoms in total. The zero-order valence-corrected chi connectivity index (χ0v) is 12.0. The summed E-state index contributed by atoms with van der Waals surface area (Å²) in [5.41, 5.74) is 0. The Morgan fingerprint density at radius 3 is 2.50 bits per heavy atom. The predicted molar refractivity (Wildman–Crippen MR) is 73.6 cm³/mol. The number of ketones is 1. The SMILES string of the molecule is O=C1C[C@H]2CC[C@@H](C1)N2C[C@@H](O)COC1CCOCC1. The van der Waals surface area contributed by atoms with Gasteiger partial charge >= 0.3 is 0 Å². The quantitative estimate of drug-likeness (QED) is 0.806. The molecule has 3 heterocycles. The molecule has 1 N–H and O–H groups in total. The molecule has 20 heavy (non-hydrogen) atoms. The Balaban J connectivity index is 1.42. The minimum Gasteiger partial charge on any atom is -0.389 e. The highest BCUT2D eigenvalue weighted by atomic mass is 16.5. The lowest BCUT2D eigenvalue weighted by Gasteiger charge is -2.35. The molecule has 0 spiro atoms. The number of hydrogen-bond donors (Lipinski definition) is 1. The van der Waals surface area contributed by atoms with E-state index < -0.39 is 6.10 Å². The van der Waals surface area contributed by atoms with Crippen LogP contribution in [0, 0.1) is 0 Å². The van der Waals surface area contributed by atoms with Crippen LogP contribution in [0.25, 0.3) is 0 Å². The minimum atomic E-state index is -0.450.